The molecule has 1 unspecified atom stereocenters. The molecule has 0 spiro atoms. The number of aliphatic imine (C=N–C) groups is 1. The summed E-state index contributed by atoms with van der Waals surface area (Å²) in [5, 5.41) is 10.4. The summed E-state index contributed by atoms with van der Waals surface area (Å²) in [6, 6.07) is 0. The molecule has 0 aromatic carbocycles. The number of dihydropyridines is 1. The standard InChI is InChI=1S/C11H17NO2/c1-2-11(13)4-6-14-8-9-7-12-5-3-10(9)11/h3,7,9,13H,2,4-6,8H2,1H3/t9?,11-/m1/s1. The largest absolute Gasteiger partial charge is 0.385 e. The molecule has 2 atom stereocenters. The van der Waals surface area contributed by atoms with Crippen molar-refractivity contribution in [2.24, 2.45) is 10.9 Å². The van der Waals surface area contributed by atoms with Gasteiger partial charge < -0.3 is 9.84 Å². The van der Waals surface area contributed by atoms with Crippen molar-refractivity contribution < 1.29 is 9.84 Å². The van der Waals surface area contributed by atoms with Crippen molar-refractivity contribution in [3.05, 3.63) is 11.6 Å². The molecule has 0 amide bonds. The van der Waals surface area contributed by atoms with Gasteiger partial charge in [0.05, 0.1) is 18.8 Å². The molecule has 3 heteroatoms. The van der Waals surface area contributed by atoms with E-state index in [4.69, 9.17) is 4.74 Å². The van der Waals surface area contributed by atoms with E-state index < -0.39 is 5.60 Å². The Morgan fingerprint density at radius 1 is 1.71 bits per heavy atom. The van der Waals surface area contributed by atoms with Crippen molar-refractivity contribution in [1.82, 2.24) is 0 Å². The average molecular weight is 195 g/mol. The minimum absolute atomic E-state index is 0.191. The first kappa shape index (κ1) is 9.87. The Morgan fingerprint density at radius 3 is 3.36 bits per heavy atom. The molecule has 2 aliphatic rings. The van der Waals surface area contributed by atoms with Gasteiger partial charge in [0.15, 0.2) is 0 Å². The topological polar surface area (TPSA) is 41.8 Å². The van der Waals surface area contributed by atoms with Crippen LogP contribution in [0.5, 0.6) is 0 Å². The number of aliphatic hydroxyl groups is 1. The molecule has 0 aromatic rings. The Labute approximate surface area is 84.5 Å². The molecule has 1 fully saturated rings. The average Bonchev–Trinajstić information content (AvgIpc) is 2.40. The first-order valence-corrected chi connectivity index (χ1v) is 5.27. The molecule has 0 aliphatic carbocycles. The van der Waals surface area contributed by atoms with Gasteiger partial charge in [-0.3, -0.25) is 4.99 Å². The molecule has 0 aromatic heterocycles. The minimum Gasteiger partial charge on any atom is -0.385 e. The van der Waals surface area contributed by atoms with E-state index in [1.165, 1.54) is 0 Å². The predicted molar refractivity (Wildman–Crippen MR) is 55.6 cm³/mol. The van der Waals surface area contributed by atoms with Crippen LogP contribution < -0.4 is 0 Å². The monoisotopic (exact) mass is 195 g/mol. The number of ether oxygens (including phenoxy) is 1. The SMILES string of the molecule is CC[C@@]1(O)CCOCC2C=NCC=C21. The van der Waals surface area contributed by atoms with Crippen molar-refractivity contribution in [3.63, 3.8) is 0 Å². The molecular formula is C11H17NO2. The predicted octanol–water partition coefficient (Wildman–Crippen LogP) is 1.17. The summed E-state index contributed by atoms with van der Waals surface area (Å²) < 4.78 is 5.47. The second kappa shape index (κ2) is 3.83. The maximum atomic E-state index is 10.4. The van der Waals surface area contributed by atoms with Crippen LogP contribution in [0.25, 0.3) is 0 Å². The fraction of sp³-hybridized carbons (Fsp3) is 0.727. The molecule has 2 rings (SSSR count). The van der Waals surface area contributed by atoms with Gasteiger partial charge in [0.25, 0.3) is 0 Å². The van der Waals surface area contributed by atoms with Gasteiger partial charge in [0, 0.05) is 25.2 Å². The van der Waals surface area contributed by atoms with Gasteiger partial charge in [-0.25, -0.2) is 0 Å². The van der Waals surface area contributed by atoms with E-state index in [1.54, 1.807) is 0 Å². The number of hydrogen-bond acceptors (Lipinski definition) is 3. The molecular weight excluding hydrogens is 178 g/mol. The molecule has 0 saturated carbocycles. The van der Waals surface area contributed by atoms with Gasteiger partial charge >= 0.3 is 0 Å². The first-order chi connectivity index (χ1) is 6.76. The van der Waals surface area contributed by atoms with Crippen LogP contribution in [0.4, 0.5) is 0 Å². The van der Waals surface area contributed by atoms with Crippen LogP contribution in [0.3, 0.4) is 0 Å². The quantitative estimate of drug-likeness (QED) is 0.638. The van der Waals surface area contributed by atoms with Crippen LogP contribution >= 0.6 is 0 Å². The molecule has 2 aliphatic heterocycles. The van der Waals surface area contributed by atoms with Crippen LogP contribution in [0.15, 0.2) is 16.6 Å². The lowest BCUT2D eigenvalue weighted by Gasteiger charge is -2.31. The summed E-state index contributed by atoms with van der Waals surface area (Å²) >= 11 is 0. The van der Waals surface area contributed by atoms with Gasteiger partial charge in [0.2, 0.25) is 0 Å². The second-order valence-electron chi connectivity index (χ2n) is 3.99. The van der Waals surface area contributed by atoms with Crippen molar-refractivity contribution in [2.45, 2.75) is 25.4 Å². The van der Waals surface area contributed by atoms with E-state index in [0.717, 1.165) is 12.0 Å². The van der Waals surface area contributed by atoms with E-state index in [0.29, 0.717) is 26.2 Å². The molecule has 2 heterocycles. The lowest BCUT2D eigenvalue weighted by atomic mass is 9.80. The zero-order valence-corrected chi connectivity index (χ0v) is 8.57. The maximum Gasteiger partial charge on any atom is 0.0883 e. The second-order valence-corrected chi connectivity index (χ2v) is 3.99. The number of rotatable bonds is 1. The van der Waals surface area contributed by atoms with Crippen molar-refractivity contribution in [3.8, 4) is 0 Å². The third-order valence-corrected chi connectivity index (χ3v) is 3.18. The van der Waals surface area contributed by atoms with Crippen LogP contribution in [-0.2, 0) is 4.74 Å². The van der Waals surface area contributed by atoms with E-state index >= 15 is 0 Å². The highest BCUT2D eigenvalue weighted by Crippen LogP contribution is 2.33. The molecule has 3 nitrogen and oxygen atoms in total. The van der Waals surface area contributed by atoms with Gasteiger partial charge in [-0.2, -0.15) is 0 Å². The van der Waals surface area contributed by atoms with E-state index in [-0.39, 0.29) is 5.92 Å². The van der Waals surface area contributed by atoms with E-state index in [1.807, 2.05) is 13.1 Å². The third kappa shape index (κ3) is 1.62. The zero-order chi connectivity index (χ0) is 10.0. The highest BCUT2D eigenvalue weighted by atomic mass is 16.5. The van der Waals surface area contributed by atoms with E-state index in [2.05, 4.69) is 11.1 Å². The molecule has 78 valence electrons. The maximum absolute atomic E-state index is 10.4. The lowest BCUT2D eigenvalue weighted by Crippen LogP contribution is -2.35. The van der Waals surface area contributed by atoms with Crippen LogP contribution in [0.2, 0.25) is 0 Å². The van der Waals surface area contributed by atoms with Gasteiger partial charge in [-0.15, -0.1) is 0 Å². The minimum atomic E-state index is -0.659. The molecule has 0 bridgehead atoms. The summed E-state index contributed by atoms with van der Waals surface area (Å²) in [4.78, 5) is 4.21. The third-order valence-electron chi connectivity index (χ3n) is 3.18. The Kier molecular flexibility index (Phi) is 2.70. The number of hydrogen-bond donors (Lipinski definition) is 1. The van der Waals surface area contributed by atoms with Crippen molar-refractivity contribution in [2.75, 3.05) is 19.8 Å². The summed E-state index contributed by atoms with van der Waals surface area (Å²) in [5.74, 6) is 0.191. The first-order valence-electron chi connectivity index (χ1n) is 5.27. The molecule has 1 N–H and O–H groups in total. The summed E-state index contributed by atoms with van der Waals surface area (Å²) in [6.07, 6.45) is 5.44. The highest BCUT2D eigenvalue weighted by Gasteiger charge is 2.36. The van der Waals surface area contributed by atoms with Crippen molar-refractivity contribution in [1.29, 1.82) is 0 Å². The van der Waals surface area contributed by atoms with Crippen molar-refractivity contribution >= 4 is 6.21 Å². The van der Waals surface area contributed by atoms with Gasteiger partial charge in [-0.05, 0) is 12.0 Å². The number of fused-ring (bicyclic) bond motifs is 1. The zero-order valence-electron chi connectivity index (χ0n) is 8.57. The Morgan fingerprint density at radius 2 is 2.57 bits per heavy atom. The Bertz CT molecular complexity index is 272. The van der Waals surface area contributed by atoms with Gasteiger partial charge in [0.1, 0.15) is 0 Å². The van der Waals surface area contributed by atoms with Crippen LogP contribution in [0, 0.1) is 5.92 Å². The molecule has 1 saturated heterocycles. The normalized spacial score (nSPS) is 37.3. The summed E-state index contributed by atoms with van der Waals surface area (Å²) in [6.45, 7) is 4.03. The highest BCUT2D eigenvalue weighted by molar-refractivity contribution is 5.68. The summed E-state index contributed by atoms with van der Waals surface area (Å²) in [5.41, 5.74) is 0.459. The fourth-order valence-corrected chi connectivity index (χ4v) is 2.22. The molecule has 0 radical (unpaired) electrons. The Hall–Kier alpha value is -0.670. The number of nitrogens with zero attached hydrogens (tertiary/aromatic N) is 1. The van der Waals surface area contributed by atoms with Crippen LogP contribution in [0.1, 0.15) is 19.8 Å². The van der Waals surface area contributed by atoms with Crippen LogP contribution in [-0.4, -0.2) is 36.7 Å². The fourth-order valence-electron chi connectivity index (χ4n) is 2.22. The Balaban J connectivity index is 2.29. The summed E-state index contributed by atoms with van der Waals surface area (Å²) in [7, 11) is 0. The smallest absolute Gasteiger partial charge is 0.0883 e. The van der Waals surface area contributed by atoms with E-state index in [9.17, 15) is 5.11 Å². The molecule has 14 heavy (non-hydrogen) atoms. The van der Waals surface area contributed by atoms with Gasteiger partial charge in [-0.1, -0.05) is 13.0 Å². The lowest BCUT2D eigenvalue weighted by molar-refractivity contribution is 0.0461.